The van der Waals surface area contributed by atoms with Crippen LogP contribution in [0.15, 0.2) is 0 Å². The molecule has 15 heavy (non-hydrogen) atoms. The average Bonchev–Trinajstić information content (AvgIpc) is 2.97. The Bertz CT molecular complexity index is 227. The number of likely N-dealkylation sites (tertiary alicyclic amines) is 1. The SMILES string of the molecule is CCC(CN)(C1CC1)N1CCCC1(C)C. The van der Waals surface area contributed by atoms with Crippen molar-refractivity contribution < 1.29 is 0 Å². The molecule has 2 nitrogen and oxygen atoms in total. The van der Waals surface area contributed by atoms with Gasteiger partial charge in [0, 0.05) is 17.6 Å². The summed E-state index contributed by atoms with van der Waals surface area (Å²) in [6.07, 6.45) is 6.70. The van der Waals surface area contributed by atoms with E-state index in [1.807, 2.05) is 0 Å². The van der Waals surface area contributed by atoms with E-state index in [4.69, 9.17) is 5.73 Å². The summed E-state index contributed by atoms with van der Waals surface area (Å²) in [5.74, 6) is 0.880. The molecule has 88 valence electrons. The highest BCUT2D eigenvalue weighted by Crippen LogP contribution is 2.49. The molecular weight excluding hydrogens is 184 g/mol. The zero-order valence-electron chi connectivity index (χ0n) is 10.6. The standard InChI is InChI=1S/C13H26N2/c1-4-13(10-14,11-6-7-11)15-9-5-8-12(15,2)3/h11H,4-10,14H2,1-3H3. The van der Waals surface area contributed by atoms with Crippen molar-refractivity contribution in [2.75, 3.05) is 13.1 Å². The molecule has 1 atom stereocenters. The highest BCUT2D eigenvalue weighted by Gasteiger charge is 2.52. The van der Waals surface area contributed by atoms with Gasteiger partial charge in [-0.2, -0.15) is 0 Å². The van der Waals surface area contributed by atoms with Gasteiger partial charge in [-0.25, -0.2) is 0 Å². The van der Waals surface area contributed by atoms with E-state index in [2.05, 4.69) is 25.7 Å². The van der Waals surface area contributed by atoms with Crippen LogP contribution in [-0.4, -0.2) is 29.1 Å². The van der Waals surface area contributed by atoms with Gasteiger partial charge in [-0.1, -0.05) is 6.92 Å². The first-order valence-electron chi connectivity index (χ1n) is 6.54. The minimum atomic E-state index is 0.319. The summed E-state index contributed by atoms with van der Waals surface area (Å²) in [5.41, 5.74) is 6.81. The van der Waals surface area contributed by atoms with Gasteiger partial charge >= 0.3 is 0 Å². The summed E-state index contributed by atoms with van der Waals surface area (Å²) in [6, 6.07) is 0. The summed E-state index contributed by atoms with van der Waals surface area (Å²) in [7, 11) is 0. The summed E-state index contributed by atoms with van der Waals surface area (Å²) in [6.45, 7) is 9.20. The molecule has 1 unspecified atom stereocenters. The number of rotatable bonds is 4. The Morgan fingerprint density at radius 3 is 2.40 bits per heavy atom. The maximum atomic E-state index is 6.12. The molecule has 0 spiro atoms. The first-order chi connectivity index (χ1) is 7.07. The maximum absolute atomic E-state index is 6.12. The van der Waals surface area contributed by atoms with E-state index < -0.39 is 0 Å². The molecule has 2 N–H and O–H groups in total. The van der Waals surface area contributed by atoms with Crippen LogP contribution in [0.4, 0.5) is 0 Å². The first-order valence-corrected chi connectivity index (χ1v) is 6.54. The van der Waals surface area contributed by atoms with E-state index in [0.29, 0.717) is 11.1 Å². The van der Waals surface area contributed by atoms with E-state index in [-0.39, 0.29) is 0 Å². The fourth-order valence-electron chi connectivity index (χ4n) is 3.67. The normalized spacial score (nSPS) is 30.4. The van der Waals surface area contributed by atoms with Crippen LogP contribution < -0.4 is 5.73 Å². The minimum absolute atomic E-state index is 0.319. The lowest BCUT2D eigenvalue weighted by atomic mass is 9.84. The van der Waals surface area contributed by atoms with Gasteiger partial charge in [-0.05, 0) is 58.4 Å². The van der Waals surface area contributed by atoms with Gasteiger partial charge < -0.3 is 5.73 Å². The fourth-order valence-corrected chi connectivity index (χ4v) is 3.67. The summed E-state index contributed by atoms with van der Waals surface area (Å²) >= 11 is 0. The zero-order valence-corrected chi connectivity index (χ0v) is 10.6. The number of hydrogen-bond acceptors (Lipinski definition) is 2. The Morgan fingerprint density at radius 2 is 2.07 bits per heavy atom. The Labute approximate surface area is 94.2 Å². The van der Waals surface area contributed by atoms with Crippen LogP contribution in [0.3, 0.4) is 0 Å². The van der Waals surface area contributed by atoms with Crippen LogP contribution in [0.2, 0.25) is 0 Å². The van der Waals surface area contributed by atoms with Crippen LogP contribution in [0.5, 0.6) is 0 Å². The van der Waals surface area contributed by atoms with Gasteiger partial charge in [0.25, 0.3) is 0 Å². The van der Waals surface area contributed by atoms with Crippen molar-refractivity contribution in [3.63, 3.8) is 0 Å². The topological polar surface area (TPSA) is 29.3 Å². The highest BCUT2D eigenvalue weighted by atomic mass is 15.3. The molecule has 0 radical (unpaired) electrons. The van der Waals surface area contributed by atoms with E-state index >= 15 is 0 Å². The largest absolute Gasteiger partial charge is 0.329 e. The Hall–Kier alpha value is -0.0800. The number of nitrogens with zero attached hydrogens (tertiary/aromatic N) is 1. The van der Waals surface area contributed by atoms with Crippen LogP contribution in [0.25, 0.3) is 0 Å². The average molecular weight is 210 g/mol. The van der Waals surface area contributed by atoms with Gasteiger partial charge in [0.2, 0.25) is 0 Å². The molecule has 1 saturated heterocycles. The third-order valence-corrected chi connectivity index (χ3v) is 4.74. The summed E-state index contributed by atoms with van der Waals surface area (Å²) < 4.78 is 0. The number of hydrogen-bond donors (Lipinski definition) is 1. The Morgan fingerprint density at radius 1 is 1.40 bits per heavy atom. The molecule has 0 aromatic carbocycles. The first kappa shape index (κ1) is 11.4. The maximum Gasteiger partial charge on any atom is 0.0362 e. The molecule has 1 saturated carbocycles. The lowest BCUT2D eigenvalue weighted by molar-refractivity contribution is 0.0151. The quantitative estimate of drug-likeness (QED) is 0.772. The third kappa shape index (κ3) is 1.72. The van der Waals surface area contributed by atoms with Crippen molar-refractivity contribution >= 4 is 0 Å². The van der Waals surface area contributed by atoms with Crippen molar-refractivity contribution in [3.8, 4) is 0 Å². The second-order valence-electron chi connectivity index (χ2n) is 6.00. The predicted octanol–water partition coefficient (Wildman–Crippen LogP) is 2.38. The smallest absolute Gasteiger partial charge is 0.0362 e. The van der Waals surface area contributed by atoms with E-state index in [1.165, 1.54) is 38.6 Å². The zero-order chi connectivity index (χ0) is 11.1. The van der Waals surface area contributed by atoms with Gasteiger partial charge in [-0.3, -0.25) is 4.90 Å². The highest BCUT2D eigenvalue weighted by molar-refractivity contribution is 5.08. The lowest BCUT2D eigenvalue weighted by Crippen LogP contribution is -2.60. The fraction of sp³-hybridized carbons (Fsp3) is 1.00. The van der Waals surface area contributed by atoms with Crippen LogP contribution >= 0.6 is 0 Å². The summed E-state index contributed by atoms with van der Waals surface area (Å²) in [4.78, 5) is 2.73. The second-order valence-corrected chi connectivity index (χ2v) is 6.00. The molecule has 0 bridgehead atoms. The van der Waals surface area contributed by atoms with Crippen LogP contribution in [0.1, 0.15) is 52.9 Å². The molecule has 2 fully saturated rings. The molecule has 2 rings (SSSR count). The Balaban J connectivity index is 2.23. The molecule has 1 aliphatic heterocycles. The summed E-state index contributed by atoms with van der Waals surface area (Å²) in [5, 5.41) is 0. The third-order valence-electron chi connectivity index (χ3n) is 4.74. The van der Waals surface area contributed by atoms with E-state index in [9.17, 15) is 0 Å². The molecule has 1 aliphatic carbocycles. The Kier molecular flexibility index (Phi) is 2.85. The lowest BCUT2D eigenvalue weighted by Gasteiger charge is -2.48. The monoisotopic (exact) mass is 210 g/mol. The molecule has 2 heteroatoms. The second kappa shape index (κ2) is 3.74. The molecule has 1 heterocycles. The van der Waals surface area contributed by atoms with Crippen molar-refractivity contribution in [2.24, 2.45) is 11.7 Å². The van der Waals surface area contributed by atoms with Gasteiger partial charge in [0.15, 0.2) is 0 Å². The van der Waals surface area contributed by atoms with Crippen molar-refractivity contribution in [3.05, 3.63) is 0 Å². The predicted molar refractivity (Wildman–Crippen MR) is 64.8 cm³/mol. The number of nitrogens with two attached hydrogens (primary N) is 1. The van der Waals surface area contributed by atoms with Crippen molar-refractivity contribution in [2.45, 2.75) is 64.0 Å². The van der Waals surface area contributed by atoms with Crippen molar-refractivity contribution in [1.29, 1.82) is 0 Å². The molecule has 0 amide bonds. The van der Waals surface area contributed by atoms with Gasteiger partial charge in [-0.15, -0.1) is 0 Å². The van der Waals surface area contributed by atoms with Gasteiger partial charge in [0.05, 0.1) is 0 Å². The molecular formula is C13H26N2. The molecule has 0 aromatic rings. The van der Waals surface area contributed by atoms with Crippen LogP contribution in [-0.2, 0) is 0 Å². The van der Waals surface area contributed by atoms with Gasteiger partial charge in [0.1, 0.15) is 0 Å². The molecule has 0 aromatic heterocycles. The minimum Gasteiger partial charge on any atom is -0.329 e. The molecule has 2 aliphatic rings. The van der Waals surface area contributed by atoms with E-state index in [1.54, 1.807) is 0 Å². The van der Waals surface area contributed by atoms with Crippen LogP contribution in [0, 0.1) is 5.92 Å². The van der Waals surface area contributed by atoms with E-state index in [0.717, 1.165) is 12.5 Å². The van der Waals surface area contributed by atoms with Crippen molar-refractivity contribution in [1.82, 2.24) is 4.90 Å².